The highest BCUT2D eigenvalue weighted by Crippen LogP contribution is 2.27. The fraction of sp³-hybridized carbons (Fsp3) is 0.125. The Kier molecular flexibility index (Phi) is 4.49. The van der Waals surface area contributed by atoms with Gasteiger partial charge in [-0.15, -0.1) is 13.2 Å². The molecule has 0 atom stereocenters. The van der Waals surface area contributed by atoms with Gasteiger partial charge in [-0.25, -0.2) is 0 Å². The minimum atomic E-state index is -4.73. The number of aromatic nitrogens is 3. The number of rotatable bonds is 4. The predicted octanol–water partition coefficient (Wildman–Crippen LogP) is 4.50. The number of nitrogens with zero attached hydrogens (tertiary/aromatic N) is 2. The molecule has 3 rings (SSSR count). The number of ether oxygens (including phenoxy) is 2. The van der Waals surface area contributed by atoms with Gasteiger partial charge < -0.3 is 9.47 Å². The third-order valence-electron chi connectivity index (χ3n) is 3.35. The first kappa shape index (κ1) is 17.0. The number of benzene rings is 2. The molecule has 0 saturated heterocycles. The van der Waals surface area contributed by atoms with E-state index in [0.717, 1.165) is 5.56 Å². The molecule has 9 heteroatoms. The van der Waals surface area contributed by atoms with Crippen molar-refractivity contribution in [2.45, 2.75) is 6.36 Å². The lowest BCUT2D eigenvalue weighted by Crippen LogP contribution is -2.17. The molecule has 0 spiro atoms. The van der Waals surface area contributed by atoms with Gasteiger partial charge in [0.1, 0.15) is 11.5 Å². The van der Waals surface area contributed by atoms with Gasteiger partial charge in [-0.2, -0.15) is 5.10 Å². The summed E-state index contributed by atoms with van der Waals surface area (Å²) in [6, 6.07) is 12.5. The lowest BCUT2D eigenvalue weighted by molar-refractivity contribution is -0.274. The smallest absolute Gasteiger partial charge is 0.497 e. The van der Waals surface area contributed by atoms with Crippen LogP contribution in [0.2, 0.25) is 0 Å². The molecule has 5 nitrogen and oxygen atoms in total. The van der Waals surface area contributed by atoms with Gasteiger partial charge in [0.25, 0.3) is 0 Å². The van der Waals surface area contributed by atoms with E-state index in [1.54, 1.807) is 35.9 Å². The number of aromatic amines is 1. The summed E-state index contributed by atoms with van der Waals surface area (Å²) in [6.07, 6.45) is -4.73. The van der Waals surface area contributed by atoms with Crippen LogP contribution in [0.5, 0.6) is 11.5 Å². The normalized spacial score (nSPS) is 11.4. The van der Waals surface area contributed by atoms with Crippen molar-refractivity contribution >= 4 is 12.2 Å². The second-order valence-electron chi connectivity index (χ2n) is 4.96. The second-order valence-corrected chi connectivity index (χ2v) is 5.34. The van der Waals surface area contributed by atoms with E-state index < -0.39 is 6.36 Å². The van der Waals surface area contributed by atoms with Crippen molar-refractivity contribution < 1.29 is 22.6 Å². The van der Waals surface area contributed by atoms with Crippen LogP contribution in [0, 0.1) is 4.77 Å². The highest BCUT2D eigenvalue weighted by Gasteiger charge is 2.31. The van der Waals surface area contributed by atoms with E-state index in [-0.39, 0.29) is 5.75 Å². The van der Waals surface area contributed by atoms with Gasteiger partial charge in [0.15, 0.2) is 10.6 Å². The lowest BCUT2D eigenvalue weighted by atomic mass is 10.2. The summed E-state index contributed by atoms with van der Waals surface area (Å²) in [6.45, 7) is 0. The van der Waals surface area contributed by atoms with Crippen LogP contribution in [0.1, 0.15) is 0 Å². The molecule has 1 N–H and O–H groups in total. The van der Waals surface area contributed by atoms with E-state index in [2.05, 4.69) is 14.9 Å². The van der Waals surface area contributed by atoms with Gasteiger partial charge in [0, 0.05) is 5.56 Å². The quantitative estimate of drug-likeness (QED) is 0.690. The number of H-pyrrole nitrogens is 1. The number of hydrogen-bond acceptors (Lipinski definition) is 4. The van der Waals surface area contributed by atoms with Crippen molar-refractivity contribution in [3.63, 3.8) is 0 Å². The molecule has 130 valence electrons. The van der Waals surface area contributed by atoms with Crippen molar-refractivity contribution in [3.8, 4) is 28.6 Å². The van der Waals surface area contributed by atoms with Gasteiger partial charge in [0.05, 0.1) is 12.8 Å². The number of methoxy groups -OCH3 is 1. The molecule has 3 aromatic rings. The van der Waals surface area contributed by atoms with Crippen LogP contribution < -0.4 is 9.47 Å². The molecule has 0 unspecified atom stereocenters. The Morgan fingerprint density at radius 3 is 2.16 bits per heavy atom. The molecular weight excluding hydrogens is 355 g/mol. The fourth-order valence-electron chi connectivity index (χ4n) is 2.27. The zero-order valence-corrected chi connectivity index (χ0v) is 13.7. The SMILES string of the molecule is COc1ccc(-c2n[nH]c(=S)n2-c2ccc(OC(F)(F)F)cc2)cc1. The molecule has 0 radical (unpaired) electrons. The third kappa shape index (κ3) is 3.82. The Balaban J connectivity index is 1.97. The zero-order valence-electron chi connectivity index (χ0n) is 12.9. The Morgan fingerprint density at radius 2 is 1.60 bits per heavy atom. The molecular formula is C16H12F3N3O2S. The monoisotopic (exact) mass is 367 g/mol. The van der Waals surface area contributed by atoms with Crippen molar-refractivity contribution in [2.24, 2.45) is 0 Å². The first-order valence-electron chi connectivity index (χ1n) is 7.05. The molecule has 0 amide bonds. The summed E-state index contributed by atoms with van der Waals surface area (Å²) in [5.74, 6) is 0.910. The summed E-state index contributed by atoms with van der Waals surface area (Å²) in [5, 5.41) is 6.88. The summed E-state index contributed by atoms with van der Waals surface area (Å²) < 4.78 is 47.7. The number of nitrogens with one attached hydrogen (secondary N) is 1. The maximum atomic E-state index is 12.3. The van der Waals surface area contributed by atoms with Crippen molar-refractivity contribution in [2.75, 3.05) is 7.11 Å². The van der Waals surface area contributed by atoms with Crippen LogP contribution in [-0.2, 0) is 0 Å². The molecule has 0 saturated carbocycles. The third-order valence-corrected chi connectivity index (χ3v) is 3.62. The van der Waals surface area contributed by atoms with E-state index in [1.807, 2.05) is 0 Å². The maximum Gasteiger partial charge on any atom is 0.573 e. The zero-order chi connectivity index (χ0) is 18.0. The van der Waals surface area contributed by atoms with E-state index in [1.165, 1.54) is 24.3 Å². The molecule has 25 heavy (non-hydrogen) atoms. The number of hydrogen-bond donors (Lipinski definition) is 1. The largest absolute Gasteiger partial charge is 0.573 e. The average Bonchev–Trinajstić information content (AvgIpc) is 2.96. The fourth-order valence-corrected chi connectivity index (χ4v) is 2.50. The molecule has 0 aliphatic heterocycles. The van der Waals surface area contributed by atoms with E-state index >= 15 is 0 Å². The molecule has 0 bridgehead atoms. The van der Waals surface area contributed by atoms with Gasteiger partial charge in [-0.1, -0.05) is 0 Å². The van der Waals surface area contributed by atoms with Crippen molar-refractivity contribution in [1.82, 2.24) is 14.8 Å². The van der Waals surface area contributed by atoms with E-state index in [9.17, 15) is 13.2 Å². The molecule has 2 aromatic carbocycles. The van der Waals surface area contributed by atoms with E-state index in [0.29, 0.717) is 22.0 Å². The minimum absolute atomic E-state index is 0.308. The van der Waals surface area contributed by atoms with Gasteiger partial charge in [0.2, 0.25) is 0 Å². The molecule has 1 aromatic heterocycles. The van der Waals surface area contributed by atoms with E-state index in [4.69, 9.17) is 17.0 Å². The predicted molar refractivity (Wildman–Crippen MR) is 87.4 cm³/mol. The first-order valence-corrected chi connectivity index (χ1v) is 7.46. The molecule has 0 aliphatic rings. The van der Waals surface area contributed by atoms with Crippen molar-refractivity contribution in [3.05, 3.63) is 53.3 Å². The van der Waals surface area contributed by atoms with Gasteiger partial charge in [-0.05, 0) is 60.7 Å². The Morgan fingerprint density at radius 1 is 1.00 bits per heavy atom. The lowest BCUT2D eigenvalue weighted by Gasteiger charge is -2.11. The van der Waals surface area contributed by atoms with Gasteiger partial charge in [-0.3, -0.25) is 9.67 Å². The second kappa shape index (κ2) is 6.60. The topological polar surface area (TPSA) is 52.1 Å². The van der Waals surface area contributed by atoms with Crippen molar-refractivity contribution in [1.29, 1.82) is 0 Å². The first-order chi connectivity index (χ1) is 11.9. The maximum absolute atomic E-state index is 12.3. The standard InChI is InChI=1S/C16H12F3N3O2S/c1-23-12-6-2-10(3-7-12)14-20-21-15(25)22(14)11-4-8-13(9-5-11)24-16(17,18)19/h2-9H,1H3,(H,21,25). The van der Waals surface area contributed by atoms with Gasteiger partial charge >= 0.3 is 6.36 Å². The number of alkyl halides is 3. The molecule has 0 aliphatic carbocycles. The average molecular weight is 367 g/mol. The van der Waals surface area contributed by atoms with Crippen LogP contribution in [0.4, 0.5) is 13.2 Å². The van der Waals surface area contributed by atoms with Crippen LogP contribution in [0.3, 0.4) is 0 Å². The summed E-state index contributed by atoms with van der Waals surface area (Å²) in [7, 11) is 1.57. The number of halogens is 3. The highest BCUT2D eigenvalue weighted by atomic mass is 32.1. The molecule has 0 fully saturated rings. The molecule has 1 heterocycles. The summed E-state index contributed by atoms with van der Waals surface area (Å²) in [5.41, 5.74) is 1.32. The Bertz CT molecular complexity index is 916. The van der Waals surface area contributed by atoms with Crippen LogP contribution in [0.15, 0.2) is 48.5 Å². The summed E-state index contributed by atoms with van der Waals surface area (Å²) >= 11 is 5.23. The Hall–Kier alpha value is -2.81. The Labute approximate surface area is 145 Å². The van der Waals surface area contributed by atoms with Crippen LogP contribution >= 0.6 is 12.2 Å². The minimum Gasteiger partial charge on any atom is -0.497 e. The van der Waals surface area contributed by atoms with Crippen LogP contribution in [0.25, 0.3) is 17.1 Å². The highest BCUT2D eigenvalue weighted by molar-refractivity contribution is 7.71. The summed E-state index contributed by atoms with van der Waals surface area (Å²) in [4.78, 5) is 0. The van der Waals surface area contributed by atoms with Crippen LogP contribution in [-0.4, -0.2) is 28.2 Å².